The standard InChI is InChI=1S/C15H24N2/c1-13-8-10-17(11-9-13)12-14-4-2-3-5-15(16)7-6-14/h4,6-7,13,16H,2-3,5,8-12H2,1H3. The molecule has 2 rings (SSSR count). The maximum atomic E-state index is 7.73. The van der Waals surface area contributed by atoms with Crippen molar-refractivity contribution in [2.24, 2.45) is 5.92 Å². The molecule has 0 unspecified atom stereocenters. The topological polar surface area (TPSA) is 27.1 Å². The second-order valence-electron chi connectivity index (χ2n) is 5.49. The van der Waals surface area contributed by atoms with Gasteiger partial charge < -0.3 is 5.41 Å². The Morgan fingerprint density at radius 3 is 2.82 bits per heavy atom. The molecule has 1 heterocycles. The Morgan fingerprint density at radius 2 is 2.06 bits per heavy atom. The molecule has 1 N–H and O–H groups in total. The maximum Gasteiger partial charge on any atom is 0.0314 e. The smallest absolute Gasteiger partial charge is 0.0314 e. The molecular formula is C15H24N2. The van der Waals surface area contributed by atoms with Gasteiger partial charge in [0, 0.05) is 12.3 Å². The third-order valence-electron chi connectivity index (χ3n) is 3.84. The Bertz CT molecular complexity index is 320. The number of allylic oxidation sites excluding steroid dienone is 2. The summed E-state index contributed by atoms with van der Waals surface area (Å²) >= 11 is 0. The fourth-order valence-corrected chi connectivity index (χ4v) is 2.53. The van der Waals surface area contributed by atoms with Gasteiger partial charge in [-0.25, -0.2) is 0 Å². The predicted octanol–water partition coefficient (Wildman–Crippen LogP) is 3.40. The normalized spacial score (nSPS) is 24.3. The van der Waals surface area contributed by atoms with Gasteiger partial charge in [0.1, 0.15) is 0 Å². The van der Waals surface area contributed by atoms with Crippen LogP contribution < -0.4 is 0 Å². The van der Waals surface area contributed by atoms with E-state index in [0.29, 0.717) is 0 Å². The van der Waals surface area contributed by atoms with E-state index in [-0.39, 0.29) is 0 Å². The molecule has 2 nitrogen and oxygen atoms in total. The highest BCUT2D eigenvalue weighted by Gasteiger charge is 2.15. The first-order chi connectivity index (χ1) is 8.24. The number of piperidine rings is 1. The van der Waals surface area contributed by atoms with Gasteiger partial charge in [0.25, 0.3) is 0 Å². The van der Waals surface area contributed by atoms with Crippen molar-refractivity contribution in [3.63, 3.8) is 0 Å². The lowest BCUT2D eigenvalue weighted by molar-refractivity contribution is 0.207. The highest BCUT2D eigenvalue weighted by molar-refractivity contribution is 5.92. The van der Waals surface area contributed by atoms with Crippen LogP contribution in [0, 0.1) is 11.3 Å². The molecule has 2 heteroatoms. The van der Waals surface area contributed by atoms with Crippen LogP contribution in [-0.4, -0.2) is 30.2 Å². The van der Waals surface area contributed by atoms with E-state index in [1.165, 1.54) is 31.5 Å². The highest BCUT2D eigenvalue weighted by Crippen LogP contribution is 2.18. The van der Waals surface area contributed by atoms with Gasteiger partial charge >= 0.3 is 0 Å². The summed E-state index contributed by atoms with van der Waals surface area (Å²) in [5, 5.41) is 7.73. The fourth-order valence-electron chi connectivity index (χ4n) is 2.53. The number of rotatable bonds is 2. The first-order valence-electron chi connectivity index (χ1n) is 6.91. The van der Waals surface area contributed by atoms with Crippen LogP contribution in [-0.2, 0) is 0 Å². The third kappa shape index (κ3) is 4.12. The molecular weight excluding hydrogens is 208 g/mol. The first kappa shape index (κ1) is 12.6. The van der Waals surface area contributed by atoms with Gasteiger partial charge in [-0.3, -0.25) is 4.90 Å². The molecule has 17 heavy (non-hydrogen) atoms. The van der Waals surface area contributed by atoms with Crippen LogP contribution in [0.4, 0.5) is 0 Å². The molecule has 94 valence electrons. The van der Waals surface area contributed by atoms with E-state index in [1.54, 1.807) is 0 Å². The summed E-state index contributed by atoms with van der Waals surface area (Å²) in [6.07, 6.45) is 12.4. The van der Waals surface area contributed by atoms with Crippen LogP contribution in [0.5, 0.6) is 0 Å². The average molecular weight is 232 g/mol. The average Bonchev–Trinajstić information content (AvgIpc) is 2.31. The Hall–Kier alpha value is -0.890. The summed E-state index contributed by atoms with van der Waals surface area (Å²) in [6.45, 7) is 5.91. The number of hydrogen-bond acceptors (Lipinski definition) is 2. The van der Waals surface area contributed by atoms with Crippen molar-refractivity contribution in [1.29, 1.82) is 5.41 Å². The zero-order valence-corrected chi connectivity index (χ0v) is 10.9. The van der Waals surface area contributed by atoms with E-state index >= 15 is 0 Å². The molecule has 1 fully saturated rings. The summed E-state index contributed by atoms with van der Waals surface area (Å²) in [7, 11) is 0. The van der Waals surface area contributed by atoms with E-state index < -0.39 is 0 Å². The predicted molar refractivity (Wildman–Crippen MR) is 73.6 cm³/mol. The van der Waals surface area contributed by atoms with E-state index in [9.17, 15) is 0 Å². The summed E-state index contributed by atoms with van der Waals surface area (Å²) in [4.78, 5) is 2.56. The van der Waals surface area contributed by atoms with Crippen molar-refractivity contribution in [2.75, 3.05) is 19.6 Å². The largest absolute Gasteiger partial charge is 0.305 e. The van der Waals surface area contributed by atoms with Gasteiger partial charge in [-0.2, -0.15) is 0 Å². The maximum absolute atomic E-state index is 7.73. The molecule has 0 amide bonds. The van der Waals surface area contributed by atoms with Gasteiger partial charge in [-0.15, -0.1) is 0 Å². The van der Waals surface area contributed by atoms with Crippen molar-refractivity contribution in [3.05, 3.63) is 23.8 Å². The molecule has 0 atom stereocenters. The molecule has 0 aromatic rings. The number of likely N-dealkylation sites (tertiary alicyclic amines) is 1. The molecule has 0 radical (unpaired) electrons. The lowest BCUT2D eigenvalue weighted by atomic mass is 9.98. The van der Waals surface area contributed by atoms with Gasteiger partial charge in [0.05, 0.1) is 0 Å². The second-order valence-corrected chi connectivity index (χ2v) is 5.49. The fraction of sp³-hybridized carbons (Fsp3) is 0.667. The van der Waals surface area contributed by atoms with Crippen LogP contribution in [0.25, 0.3) is 0 Å². The third-order valence-corrected chi connectivity index (χ3v) is 3.84. The van der Waals surface area contributed by atoms with Crippen molar-refractivity contribution in [1.82, 2.24) is 4.90 Å². The number of hydrogen-bond donors (Lipinski definition) is 1. The van der Waals surface area contributed by atoms with Crippen molar-refractivity contribution in [2.45, 2.75) is 39.0 Å². The monoisotopic (exact) mass is 232 g/mol. The van der Waals surface area contributed by atoms with E-state index in [2.05, 4.69) is 24.0 Å². The molecule has 1 aliphatic heterocycles. The molecule has 0 spiro atoms. The number of nitrogens with zero attached hydrogens (tertiary/aromatic N) is 1. The molecule has 0 bridgehead atoms. The van der Waals surface area contributed by atoms with Crippen LogP contribution in [0.1, 0.15) is 39.0 Å². The quantitative estimate of drug-likeness (QED) is 0.776. The van der Waals surface area contributed by atoms with Crippen LogP contribution in [0.15, 0.2) is 23.8 Å². The van der Waals surface area contributed by atoms with Gasteiger partial charge in [0.2, 0.25) is 0 Å². The second kappa shape index (κ2) is 6.15. The molecule has 2 aliphatic rings. The molecule has 0 aromatic heterocycles. The van der Waals surface area contributed by atoms with Crippen LogP contribution in [0.2, 0.25) is 0 Å². The minimum atomic E-state index is 0.780. The van der Waals surface area contributed by atoms with Gasteiger partial charge in [-0.05, 0) is 62.8 Å². The minimum absolute atomic E-state index is 0.780. The van der Waals surface area contributed by atoms with Crippen molar-refractivity contribution < 1.29 is 0 Å². The summed E-state index contributed by atoms with van der Waals surface area (Å²) < 4.78 is 0. The highest BCUT2D eigenvalue weighted by atomic mass is 15.1. The zero-order valence-electron chi connectivity index (χ0n) is 10.9. The molecule has 0 saturated carbocycles. The Labute approximate surface area is 105 Å². The van der Waals surface area contributed by atoms with E-state index in [1.807, 2.05) is 6.08 Å². The lowest BCUT2D eigenvalue weighted by Gasteiger charge is -2.30. The Balaban J connectivity index is 1.88. The van der Waals surface area contributed by atoms with Gasteiger partial charge in [0.15, 0.2) is 0 Å². The SMILES string of the molecule is CC1CCN(CC2=CCCCC(=N)C=C2)CC1. The first-order valence-corrected chi connectivity index (χ1v) is 6.91. The Kier molecular flexibility index (Phi) is 4.55. The van der Waals surface area contributed by atoms with E-state index in [0.717, 1.165) is 37.4 Å². The molecule has 1 aliphatic carbocycles. The summed E-state index contributed by atoms with van der Waals surface area (Å²) in [6, 6.07) is 0. The van der Waals surface area contributed by atoms with E-state index in [4.69, 9.17) is 5.41 Å². The Morgan fingerprint density at radius 1 is 1.29 bits per heavy atom. The molecule has 0 aromatic carbocycles. The zero-order chi connectivity index (χ0) is 12.1. The van der Waals surface area contributed by atoms with Crippen molar-refractivity contribution >= 4 is 5.71 Å². The van der Waals surface area contributed by atoms with Gasteiger partial charge in [-0.1, -0.05) is 19.1 Å². The van der Waals surface area contributed by atoms with Crippen LogP contribution >= 0.6 is 0 Å². The minimum Gasteiger partial charge on any atom is -0.305 e. The summed E-state index contributed by atoms with van der Waals surface area (Å²) in [5.41, 5.74) is 2.19. The van der Waals surface area contributed by atoms with Crippen LogP contribution in [0.3, 0.4) is 0 Å². The lowest BCUT2D eigenvalue weighted by Crippen LogP contribution is -2.34. The van der Waals surface area contributed by atoms with Crippen molar-refractivity contribution in [3.8, 4) is 0 Å². The number of nitrogens with one attached hydrogen (secondary N) is 1. The summed E-state index contributed by atoms with van der Waals surface area (Å²) in [5.74, 6) is 0.904. The molecule has 1 saturated heterocycles.